The fraction of sp³-hybridized carbons (Fsp3) is 0.476. The Bertz CT molecular complexity index is 948. The average molecular weight is 422 g/mol. The highest BCUT2D eigenvalue weighted by Gasteiger charge is 2.37. The fourth-order valence-electron chi connectivity index (χ4n) is 3.68. The lowest BCUT2D eigenvalue weighted by Gasteiger charge is -2.32. The molecule has 0 radical (unpaired) electrons. The van der Waals surface area contributed by atoms with Gasteiger partial charge in [0.1, 0.15) is 5.69 Å². The van der Waals surface area contributed by atoms with Gasteiger partial charge in [-0.25, -0.2) is 0 Å². The number of hydrogen-bond donors (Lipinski definition) is 1. The molecule has 1 N–H and O–H groups in total. The molecule has 30 heavy (non-hydrogen) atoms. The number of aromatic nitrogens is 2. The van der Waals surface area contributed by atoms with E-state index in [4.69, 9.17) is 0 Å². The molecule has 1 aliphatic carbocycles. The van der Waals surface area contributed by atoms with Crippen LogP contribution in [0.2, 0.25) is 0 Å². The number of amides is 2. The van der Waals surface area contributed by atoms with Crippen molar-refractivity contribution in [1.29, 1.82) is 0 Å². The lowest BCUT2D eigenvalue weighted by Crippen LogP contribution is -2.44. The van der Waals surface area contributed by atoms with Gasteiger partial charge in [0.2, 0.25) is 0 Å². The summed E-state index contributed by atoms with van der Waals surface area (Å²) in [5.41, 5.74) is -0.0898. The molecule has 0 spiro atoms. The summed E-state index contributed by atoms with van der Waals surface area (Å²) >= 11 is 0. The second kappa shape index (κ2) is 7.77. The molecule has 4 rings (SSSR count). The molecular weight excluding hydrogens is 397 g/mol. The molecule has 2 amide bonds. The summed E-state index contributed by atoms with van der Waals surface area (Å²) < 4.78 is 40.0. The van der Waals surface area contributed by atoms with Crippen molar-refractivity contribution in [3.05, 3.63) is 47.3 Å². The van der Waals surface area contributed by atoms with Crippen molar-refractivity contribution in [2.75, 3.05) is 11.4 Å². The van der Waals surface area contributed by atoms with E-state index >= 15 is 0 Å². The van der Waals surface area contributed by atoms with Crippen molar-refractivity contribution in [2.24, 2.45) is 5.92 Å². The molecule has 2 heterocycles. The smallest absolute Gasteiger partial charge is 0.349 e. The maximum Gasteiger partial charge on any atom is 0.416 e. The monoisotopic (exact) mass is 422 g/mol. The van der Waals surface area contributed by atoms with Crippen LogP contribution in [0.15, 0.2) is 30.5 Å². The number of rotatable bonds is 4. The first-order valence-corrected chi connectivity index (χ1v) is 9.54. The van der Waals surface area contributed by atoms with Gasteiger partial charge in [0.05, 0.1) is 23.4 Å². The molecule has 6 nitrogen and oxygen atoms in total. The first-order valence-electron chi connectivity index (χ1n) is 9.54. The minimum absolute atomic E-state index is 0. The fourth-order valence-corrected chi connectivity index (χ4v) is 3.68. The molecule has 1 aromatic heterocycles. The van der Waals surface area contributed by atoms with E-state index in [0.29, 0.717) is 11.6 Å². The molecule has 0 bridgehead atoms. The number of hydrogen-bond acceptors (Lipinski definition) is 3. The van der Waals surface area contributed by atoms with Crippen molar-refractivity contribution in [1.82, 2.24) is 15.1 Å². The number of carbonyl (C=O) groups is 2. The van der Waals surface area contributed by atoms with Gasteiger partial charge in [-0.1, -0.05) is 7.43 Å². The van der Waals surface area contributed by atoms with Crippen LogP contribution in [-0.4, -0.2) is 34.2 Å². The Labute approximate surface area is 173 Å². The molecule has 1 fully saturated rings. The van der Waals surface area contributed by atoms with Gasteiger partial charge in [-0.05, 0) is 56.9 Å². The number of nitrogens with zero attached hydrogens (tertiary/aromatic N) is 3. The van der Waals surface area contributed by atoms with Gasteiger partial charge in [0.15, 0.2) is 0 Å². The first-order chi connectivity index (χ1) is 13.7. The van der Waals surface area contributed by atoms with Gasteiger partial charge in [-0.15, -0.1) is 0 Å². The van der Waals surface area contributed by atoms with Gasteiger partial charge in [-0.3, -0.25) is 14.3 Å². The van der Waals surface area contributed by atoms with E-state index in [1.807, 2.05) is 13.8 Å². The summed E-state index contributed by atoms with van der Waals surface area (Å²) in [7, 11) is 0. The van der Waals surface area contributed by atoms with E-state index in [2.05, 4.69) is 10.4 Å². The number of halogens is 3. The summed E-state index contributed by atoms with van der Waals surface area (Å²) in [5, 5.41) is 7.13. The summed E-state index contributed by atoms with van der Waals surface area (Å²) in [6.45, 7) is 4.03. The van der Waals surface area contributed by atoms with Gasteiger partial charge in [-0.2, -0.15) is 18.3 Å². The Balaban J connectivity index is 0.00000256. The molecule has 1 aliphatic heterocycles. The molecule has 0 saturated heterocycles. The second-order valence-corrected chi connectivity index (χ2v) is 7.76. The highest BCUT2D eigenvalue weighted by atomic mass is 19.4. The molecular formula is C21H25F3N4O2. The van der Waals surface area contributed by atoms with E-state index in [0.717, 1.165) is 25.0 Å². The van der Waals surface area contributed by atoms with Crippen LogP contribution in [0.25, 0.3) is 0 Å². The molecule has 9 heteroatoms. The maximum absolute atomic E-state index is 13.1. The largest absolute Gasteiger partial charge is 0.416 e. The van der Waals surface area contributed by atoms with E-state index in [9.17, 15) is 22.8 Å². The van der Waals surface area contributed by atoms with Gasteiger partial charge in [0.25, 0.3) is 11.8 Å². The molecule has 1 aromatic carbocycles. The Morgan fingerprint density at radius 2 is 1.87 bits per heavy atom. The highest BCUT2D eigenvalue weighted by molar-refractivity contribution is 6.12. The van der Waals surface area contributed by atoms with Gasteiger partial charge in [0, 0.05) is 18.3 Å². The van der Waals surface area contributed by atoms with Crippen LogP contribution in [0.1, 0.15) is 66.6 Å². The summed E-state index contributed by atoms with van der Waals surface area (Å²) in [6.07, 6.45) is -0.911. The molecule has 1 saturated carbocycles. The Morgan fingerprint density at radius 1 is 1.23 bits per heavy atom. The number of anilines is 1. The Morgan fingerprint density at radius 3 is 2.43 bits per heavy atom. The van der Waals surface area contributed by atoms with Crippen LogP contribution in [0.5, 0.6) is 0 Å². The van der Waals surface area contributed by atoms with Crippen LogP contribution >= 0.6 is 0 Å². The van der Waals surface area contributed by atoms with Crippen molar-refractivity contribution in [2.45, 2.75) is 52.4 Å². The van der Waals surface area contributed by atoms with Crippen LogP contribution in [0, 0.1) is 5.92 Å². The minimum atomic E-state index is -4.44. The average Bonchev–Trinajstić information content (AvgIpc) is 3.42. The normalized spacial score (nSPS) is 19.7. The molecule has 2 aliphatic rings. The lowest BCUT2D eigenvalue weighted by molar-refractivity contribution is -0.137. The predicted molar refractivity (Wildman–Crippen MR) is 106 cm³/mol. The molecule has 2 aromatic rings. The third-order valence-electron chi connectivity index (χ3n) is 5.55. The Kier molecular flexibility index (Phi) is 5.66. The second-order valence-electron chi connectivity index (χ2n) is 7.76. The quantitative estimate of drug-likeness (QED) is 0.800. The predicted octanol–water partition coefficient (Wildman–Crippen LogP) is 4.29. The van der Waals surface area contributed by atoms with E-state index in [-0.39, 0.29) is 43.2 Å². The van der Waals surface area contributed by atoms with Crippen LogP contribution < -0.4 is 10.2 Å². The zero-order valence-electron chi connectivity index (χ0n) is 16.0. The third kappa shape index (κ3) is 3.93. The third-order valence-corrected chi connectivity index (χ3v) is 5.55. The first kappa shape index (κ1) is 21.9. The van der Waals surface area contributed by atoms with E-state index < -0.39 is 17.6 Å². The number of carbonyl (C=O) groups excluding carboxylic acids is 2. The van der Waals surface area contributed by atoms with Crippen LogP contribution in [-0.2, 0) is 6.18 Å². The number of fused-ring (bicyclic) bond motifs is 1. The van der Waals surface area contributed by atoms with Crippen LogP contribution in [0.3, 0.4) is 0 Å². The van der Waals surface area contributed by atoms with E-state index in [1.54, 1.807) is 0 Å². The van der Waals surface area contributed by atoms with Gasteiger partial charge < -0.3 is 10.2 Å². The SMILES string of the molecule is C.CC(NC(=O)c1cnn2c1C(=O)N(c1ccc(C(F)(F)F)cc1)C[C@@H]2C)C1CC1. The van der Waals surface area contributed by atoms with Gasteiger partial charge >= 0.3 is 6.18 Å². The zero-order chi connectivity index (χ0) is 20.9. The molecule has 1 unspecified atom stereocenters. The number of nitrogens with one attached hydrogen (secondary N) is 1. The number of alkyl halides is 3. The highest BCUT2D eigenvalue weighted by Crippen LogP contribution is 2.34. The molecule has 162 valence electrons. The summed E-state index contributed by atoms with van der Waals surface area (Å²) in [4.78, 5) is 27.2. The maximum atomic E-state index is 13.1. The topological polar surface area (TPSA) is 67.2 Å². The van der Waals surface area contributed by atoms with Crippen molar-refractivity contribution in [3.8, 4) is 0 Å². The summed E-state index contributed by atoms with van der Waals surface area (Å²) in [5.74, 6) is -0.353. The standard InChI is InChI=1S/C20H21F3N4O2.CH4/c1-11-10-26(15-7-5-14(6-8-15)20(21,22)23)19(29)17-16(9-24-27(11)17)18(28)25-12(2)13-3-4-13;/h5-9,11-13H,3-4,10H2,1-2H3,(H,25,28);1H4/t11-,12?;/m0./s1. The summed E-state index contributed by atoms with van der Waals surface area (Å²) in [6, 6.07) is 4.23. The van der Waals surface area contributed by atoms with E-state index in [1.165, 1.54) is 27.9 Å². The minimum Gasteiger partial charge on any atom is -0.349 e. The van der Waals surface area contributed by atoms with Crippen molar-refractivity contribution in [3.63, 3.8) is 0 Å². The van der Waals surface area contributed by atoms with Crippen molar-refractivity contribution < 1.29 is 22.8 Å². The Hall–Kier alpha value is -2.84. The number of benzene rings is 1. The van der Waals surface area contributed by atoms with Crippen molar-refractivity contribution >= 4 is 17.5 Å². The van der Waals surface area contributed by atoms with Crippen LogP contribution in [0.4, 0.5) is 18.9 Å². The molecule has 2 atom stereocenters. The lowest BCUT2D eigenvalue weighted by atomic mass is 10.1. The zero-order valence-corrected chi connectivity index (χ0v) is 16.0.